The van der Waals surface area contributed by atoms with Crippen LogP contribution in [0.5, 0.6) is 11.5 Å². The normalized spacial score (nSPS) is 17.1. The molecule has 0 spiro atoms. The molecule has 0 bridgehead atoms. The van der Waals surface area contributed by atoms with Crippen molar-refractivity contribution in [2.75, 3.05) is 32.6 Å². The van der Waals surface area contributed by atoms with Gasteiger partial charge in [-0.3, -0.25) is 9.69 Å². The van der Waals surface area contributed by atoms with Crippen molar-refractivity contribution >= 4 is 11.6 Å². The Balaban J connectivity index is 1.67. The molecule has 2 aromatic rings. The van der Waals surface area contributed by atoms with Gasteiger partial charge in [0.15, 0.2) is 0 Å². The number of hydrogen-bond donors (Lipinski definition) is 1. The number of carbonyl (C=O) groups excluding carboxylic acids is 1. The maximum atomic E-state index is 12.6. The fourth-order valence-corrected chi connectivity index (χ4v) is 3.53. The number of rotatable bonds is 6. The second-order valence-corrected chi connectivity index (χ2v) is 6.69. The Morgan fingerprint density at radius 2 is 1.88 bits per heavy atom. The standard InChI is InChI=1S/C21H26N2O3/c1-15-6-4-7-16(10-15)20-8-5-9-23(20)14-21(24)22-17-11-18(25-2)13-19(12-17)26-3/h4,6-7,10-13,20H,5,8-9,14H2,1-3H3,(H,22,24). The van der Waals surface area contributed by atoms with E-state index in [9.17, 15) is 4.79 Å². The number of benzene rings is 2. The van der Waals surface area contributed by atoms with Crippen LogP contribution >= 0.6 is 0 Å². The van der Waals surface area contributed by atoms with Crippen LogP contribution in [0, 0.1) is 6.92 Å². The highest BCUT2D eigenvalue weighted by Crippen LogP contribution is 2.32. The molecule has 1 aliphatic heterocycles. The van der Waals surface area contributed by atoms with Crippen LogP contribution in [0.1, 0.15) is 30.0 Å². The molecule has 0 aromatic heterocycles. The minimum Gasteiger partial charge on any atom is -0.497 e. The van der Waals surface area contributed by atoms with Crippen molar-refractivity contribution < 1.29 is 14.3 Å². The summed E-state index contributed by atoms with van der Waals surface area (Å²) in [5, 5.41) is 2.96. The zero-order valence-electron chi connectivity index (χ0n) is 15.6. The van der Waals surface area contributed by atoms with Crippen LogP contribution in [0.25, 0.3) is 0 Å². The fourth-order valence-electron chi connectivity index (χ4n) is 3.53. The third-order valence-corrected chi connectivity index (χ3v) is 4.77. The number of aryl methyl sites for hydroxylation is 1. The Morgan fingerprint density at radius 1 is 1.15 bits per heavy atom. The molecule has 1 saturated heterocycles. The molecule has 1 N–H and O–H groups in total. The molecule has 1 amide bonds. The summed E-state index contributed by atoms with van der Waals surface area (Å²) in [7, 11) is 3.19. The molecule has 5 nitrogen and oxygen atoms in total. The smallest absolute Gasteiger partial charge is 0.238 e. The summed E-state index contributed by atoms with van der Waals surface area (Å²) in [6.45, 7) is 3.41. The molecule has 138 valence electrons. The molecule has 0 saturated carbocycles. The Labute approximate surface area is 154 Å². The van der Waals surface area contributed by atoms with Crippen molar-refractivity contribution in [3.8, 4) is 11.5 Å². The number of nitrogens with zero attached hydrogens (tertiary/aromatic N) is 1. The van der Waals surface area contributed by atoms with E-state index in [0.29, 0.717) is 29.8 Å². The summed E-state index contributed by atoms with van der Waals surface area (Å²) in [6, 6.07) is 14.2. The predicted octanol–water partition coefficient (Wildman–Crippen LogP) is 3.79. The topological polar surface area (TPSA) is 50.8 Å². The van der Waals surface area contributed by atoms with Gasteiger partial charge in [0.05, 0.1) is 20.8 Å². The summed E-state index contributed by atoms with van der Waals surface area (Å²) in [5.74, 6) is 1.27. The van der Waals surface area contributed by atoms with Gasteiger partial charge in [0.25, 0.3) is 0 Å². The first kappa shape index (κ1) is 18.3. The molecule has 1 aliphatic rings. The maximum Gasteiger partial charge on any atom is 0.238 e. The fraction of sp³-hybridized carbons (Fsp3) is 0.381. The van der Waals surface area contributed by atoms with E-state index in [4.69, 9.17) is 9.47 Å². The third-order valence-electron chi connectivity index (χ3n) is 4.77. The minimum absolute atomic E-state index is 0.0279. The van der Waals surface area contributed by atoms with E-state index >= 15 is 0 Å². The number of amides is 1. The van der Waals surface area contributed by atoms with Gasteiger partial charge in [-0.05, 0) is 31.9 Å². The Bertz CT molecular complexity index is 753. The lowest BCUT2D eigenvalue weighted by atomic mass is 10.0. The van der Waals surface area contributed by atoms with Gasteiger partial charge in [-0.15, -0.1) is 0 Å². The van der Waals surface area contributed by atoms with E-state index in [1.54, 1.807) is 32.4 Å². The highest BCUT2D eigenvalue weighted by molar-refractivity contribution is 5.92. The van der Waals surface area contributed by atoms with Crippen molar-refractivity contribution in [2.45, 2.75) is 25.8 Å². The molecule has 26 heavy (non-hydrogen) atoms. The highest BCUT2D eigenvalue weighted by atomic mass is 16.5. The Kier molecular flexibility index (Phi) is 5.78. The Morgan fingerprint density at radius 3 is 2.54 bits per heavy atom. The highest BCUT2D eigenvalue weighted by Gasteiger charge is 2.27. The van der Waals surface area contributed by atoms with Crippen LogP contribution in [-0.4, -0.2) is 38.1 Å². The van der Waals surface area contributed by atoms with Gasteiger partial charge in [-0.2, -0.15) is 0 Å². The summed E-state index contributed by atoms with van der Waals surface area (Å²) >= 11 is 0. The molecule has 0 radical (unpaired) electrons. The quantitative estimate of drug-likeness (QED) is 0.857. The molecule has 1 heterocycles. The van der Waals surface area contributed by atoms with Crippen LogP contribution in [0.4, 0.5) is 5.69 Å². The number of hydrogen-bond acceptors (Lipinski definition) is 4. The largest absolute Gasteiger partial charge is 0.497 e. The number of ether oxygens (including phenoxy) is 2. The van der Waals surface area contributed by atoms with Crippen molar-refractivity contribution in [2.24, 2.45) is 0 Å². The molecule has 1 unspecified atom stereocenters. The van der Waals surface area contributed by atoms with E-state index in [1.807, 2.05) is 0 Å². The van der Waals surface area contributed by atoms with Crippen molar-refractivity contribution in [3.63, 3.8) is 0 Å². The number of nitrogens with one attached hydrogen (secondary N) is 1. The van der Waals surface area contributed by atoms with E-state index in [2.05, 4.69) is 41.4 Å². The first-order chi connectivity index (χ1) is 12.6. The number of carbonyl (C=O) groups is 1. The zero-order chi connectivity index (χ0) is 18.5. The summed E-state index contributed by atoms with van der Waals surface area (Å²) in [4.78, 5) is 14.8. The lowest BCUT2D eigenvalue weighted by Gasteiger charge is -2.24. The summed E-state index contributed by atoms with van der Waals surface area (Å²) in [5.41, 5.74) is 3.22. The first-order valence-corrected chi connectivity index (χ1v) is 8.92. The second kappa shape index (κ2) is 8.23. The summed E-state index contributed by atoms with van der Waals surface area (Å²) in [6.07, 6.45) is 2.20. The van der Waals surface area contributed by atoms with Gasteiger partial charge < -0.3 is 14.8 Å². The average molecular weight is 354 g/mol. The lowest BCUT2D eigenvalue weighted by molar-refractivity contribution is -0.117. The zero-order valence-corrected chi connectivity index (χ0v) is 15.6. The number of likely N-dealkylation sites (tertiary alicyclic amines) is 1. The monoisotopic (exact) mass is 354 g/mol. The predicted molar refractivity (Wildman–Crippen MR) is 103 cm³/mol. The first-order valence-electron chi connectivity index (χ1n) is 8.92. The molecule has 3 rings (SSSR count). The second-order valence-electron chi connectivity index (χ2n) is 6.69. The number of methoxy groups -OCH3 is 2. The SMILES string of the molecule is COc1cc(NC(=O)CN2CCCC2c2cccc(C)c2)cc(OC)c1. The van der Waals surface area contributed by atoms with Crippen molar-refractivity contribution in [3.05, 3.63) is 53.6 Å². The third kappa shape index (κ3) is 4.35. The van der Waals surface area contributed by atoms with Gasteiger partial charge in [0, 0.05) is 29.9 Å². The van der Waals surface area contributed by atoms with Gasteiger partial charge in [-0.1, -0.05) is 29.8 Å². The molecule has 0 aliphatic carbocycles. The molecule has 1 atom stereocenters. The van der Waals surface area contributed by atoms with Crippen molar-refractivity contribution in [1.29, 1.82) is 0 Å². The minimum atomic E-state index is -0.0279. The molecule has 2 aromatic carbocycles. The molecular weight excluding hydrogens is 328 g/mol. The van der Waals surface area contributed by atoms with Gasteiger partial charge in [0.2, 0.25) is 5.91 Å². The van der Waals surface area contributed by atoms with Crippen molar-refractivity contribution in [1.82, 2.24) is 4.90 Å². The van der Waals surface area contributed by atoms with Gasteiger partial charge in [-0.25, -0.2) is 0 Å². The van der Waals surface area contributed by atoms with Crippen LogP contribution < -0.4 is 14.8 Å². The summed E-state index contributed by atoms with van der Waals surface area (Å²) < 4.78 is 10.5. The molecular formula is C21H26N2O3. The van der Waals surface area contributed by atoms with E-state index in [1.165, 1.54) is 11.1 Å². The number of anilines is 1. The lowest BCUT2D eigenvalue weighted by Crippen LogP contribution is -2.33. The maximum absolute atomic E-state index is 12.6. The Hall–Kier alpha value is -2.53. The van der Waals surface area contributed by atoms with E-state index in [-0.39, 0.29) is 5.91 Å². The van der Waals surface area contributed by atoms with E-state index in [0.717, 1.165) is 19.4 Å². The molecule has 1 fully saturated rings. The van der Waals surface area contributed by atoms with Gasteiger partial charge in [0.1, 0.15) is 11.5 Å². The van der Waals surface area contributed by atoms with Gasteiger partial charge >= 0.3 is 0 Å². The average Bonchev–Trinajstić information content (AvgIpc) is 3.09. The van der Waals surface area contributed by atoms with Crippen LogP contribution in [0.2, 0.25) is 0 Å². The van der Waals surface area contributed by atoms with Crippen LogP contribution in [0.15, 0.2) is 42.5 Å². The van der Waals surface area contributed by atoms with E-state index < -0.39 is 0 Å². The van der Waals surface area contributed by atoms with Crippen LogP contribution in [-0.2, 0) is 4.79 Å². The van der Waals surface area contributed by atoms with Crippen LogP contribution in [0.3, 0.4) is 0 Å². The molecule has 5 heteroatoms.